The Balaban J connectivity index is 1.56. The maximum atomic E-state index is 13.2. The molecule has 0 amide bonds. The number of hydrogen-bond donors (Lipinski definition) is 0. The van der Waals surface area contributed by atoms with Crippen LogP contribution in [0.1, 0.15) is 11.1 Å². The summed E-state index contributed by atoms with van der Waals surface area (Å²) in [6, 6.07) is 17.9. The Bertz CT molecular complexity index is 1420. The van der Waals surface area contributed by atoms with Gasteiger partial charge < -0.3 is 4.74 Å². The minimum absolute atomic E-state index is 0.0508. The number of fused-ring (bicyclic) bond motifs is 3. The summed E-state index contributed by atoms with van der Waals surface area (Å²) in [6.45, 7) is 0.412. The summed E-state index contributed by atoms with van der Waals surface area (Å²) in [7, 11) is 1.64. The number of benzene rings is 2. The second-order valence-electron chi connectivity index (χ2n) is 6.91. The van der Waals surface area contributed by atoms with Gasteiger partial charge in [-0.25, -0.2) is 0 Å². The molecule has 0 saturated carbocycles. The second kappa shape index (κ2) is 8.49. The van der Waals surface area contributed by atoms with Crippen molar-refractivity contribution in [2.75, 3.05) is 7.11 Å². The van der Waals surface area contributed by atoms with Crippen LogP contribution in [0.25, 0.3) is 16.0 Å². The molecule has 0 radical (unpaired) electrons. The van der Waals surface area contributed by atoms with Crippen molar-refractivity contribution in [1.82, 2.24) is 19.2 Å². The van der Waals surface area contributed by atoms with Gasteiger partial charge >= 0.3 is 0 Å². The Morgan fingerprint density at radius 1 is 1.03 bits per heavy atom. The maximum Gasteiger partial charge on any atom is 0.273 e. The highest BCUT2D eigenvalue weighted by molar-refractivity contribution is 9.10. The molecule has 3 heterocycles. The summed E-state index contributed by atoms with van der Waals surface area (Å²) in [5.41, 5.74) is 2.98. The molecule has 5 aromatic rings. The Kier molecular flexibility index (Phi) is 5.56. The lowest BCUT2D eigenvalue weighted by Gasteiger charge is -2.10. The number of halogens is 1. The molecule has 0 bridgehead atoms. The first-order valence-electron chi connectivity index (χ1n) is 9.49. The standard InChI is InChI=1S/C22H17BrN4O2S2/c1-29-17-8-4-14(5-9-17)12-26-20(28)19-18(10-11-30-19)27-21(26)24-25-22(27)31-13-15-2-6-16(23)7-3-15/h2-11H,12-13H2,1H3. The van der Waals surface area contributed by atoms with Gasteiger partial charge in [-0.05, 0) is 46.8 Å². The van der Waals surface area contributed by atoms with Crippen LogP contribution >= 0.6 is 39.0 Å². The van der Waals surface area contributed by atoms with E-state index in [1.54, 1.807) is 23.4 Å². The zero-order chi connectivity index (χ0) is 21.4. The van der Waals surface area contributed by atoms with Crippen LogP contribution in [0.3, 0.4) is 0 Å². The average molecular weight is 513 g/mol. The van der Waals surface area contributed by atoms with Crippen molar-refractivity contribution in [2.45, 2.75) is 17.5 Å². The first-order chi connectivity index (χ1) is 15.1. The van der Waals surface area contributed by atoms with Crippen LogP contribution in [0.4, 0.5) is 0 Å². The van der Waals surface area contributed by atoms with E-state index in [-0.39, 0.29) is 5.56 Å². The van der Waals surface area contributed by atoms with E-state index in [4.69, 9.17) is 4.74 Å². The summed E-state index contributed by atoms with van der Waals surface area (Å²) < 4.78 is 10.7. The molecular formula is C22H17BrN4O2S2. The molecule has 0 aliphatic rings. The van der Waals surface area contributed by atoms with Crippen LogP contribution in [0.5, 0.6) is 5.75 Å². The normalized spacial score (nSPS) is 11.4. The molecule has 156 valence electrons. The Labute approximate surface area is 194 Å². The maximum absolute atomic E-state index is 13.2. The topological polar surface area (TPSA) is 61.4 Å². The SMILES string of the molecule is COc1ccc(Cn2c(=O)c3sccc3n3c(SCc4ccc(Br)cc4)nnc23)cc1. The first kappa shape index (κ1) is 20.3. The van der Waals surface area contributed by atoms with Gasteiger partial charge in [0.05, 0.1) is 19.2 Å². The first-order valence-corrected chi connectivity index (χ1v) is 12.1. The molecule has 6 nitrogen and oxygen atoms in total. The minimum Gasteiger partial charge on any atom is -0.497 e. The van der Waals surface area contributed by atoms with E-state index in [2.05, 4.69) is 38.3 Å². The number of ether oxygens (including phenoxy) is 1. The number of methoxy groups -OCH3 is 1. The molecule has 31 heavy (non-hydrogen) atoms. The van der Waals surface area contributed by atoms with Crippen molar-refractivity contribution in [3.05, 3.63) is 85.9 Å². The number of thiophene rings is 1. The van der Waals surface area contributed by atoms with Gasteiger partial charge in [0, 0.05) is 10.2 Å². The largest absolute Gasteiger partial charge is 0.497 e. The van der Waals surface area contributed by atoms with Crippen molar-refractivity contribution in [3.63, 3.8) is 0 Å². The molecule has 0 unspecified atom stereocenters. The highest BCUT2D eigenvalue weighted by Crippen LogP contribution is 2.27. The van der Waals surface area contributed by atoms with Gasteiger partial charge in [-0.15, -0.1) is 21.5 Å². The van der Waals surface area contributed by atoms with Crippen LogP contribution in [-0.4, -0.2) is 26.3 Å². The fraction of sp³-hybridized carbons (Fsp3) is 0.136. The monoisotopic (exact) mass is 512 g/mol. The summed E-state index contributed by atoms with van der Waals surface area (Å²) in [5.74, 6) is 2.09. The Morgan fingerprint density at radius 3 is 2.52 bits per heavy atom. The van der Waals surface area contributed by atoms with E-state index in [9.17, 15) is 4.79 Å². The minimum atomic E-state index is -0.0508. The smallest absolute Gasteiger partial charge is 0.273 e. The van der Waals surface area contributed by atoms with Gasteiger partial charge in [-0.3, -0.25) is 13.8 Å². The van der Waals surface area contributed by atoms with Crippen LogP contribution in [-0.2, 0) is 12.3 Å². The van der Waals surface area contributed by atoms with Crippen molar-refractivity contribution in [3.8, 4) is 5.75 Å². The molecule has 0 aliphatic heterocycles. The number of rotatable bonds is 6. The number of nitrogens with zero attached hydrogens (tertiary/aromatic N) is 4. The van der Waals surface area contributed by atoms with E-state index in [0.29, 0.717) is 17.0 Å². The number of aromatic nitrogens is 4. The number of thioether (sulfide) groups is 1. The predicted octanol–water partition coefficient (Wildman–Crippen LogP) is 5.22. The molecule has 0 spiro atoms. The number of hydrogen-bond acceptors (Lipinski definition) is 6. The fourth-order valence-corrected chi connectivity index (χ4v) is 5.36. The summed E-state index contributed by atoms with van der Waals surface area (Å²) in [4.78, 5) is 13.2. The van der Waals surface area contributed by atoms with Gasteiger partial charge in [-0.1, -0.05) is 52.0 Å². The van der Waals surface area contributed by atoms with E-state index in [1.165, 1.54) is 16.9 Å². The zero-order valence-corrected chi connectivity index (χ0v) is 19.7. The van der Waals surface area contributed by atoms with Crippen molar-refractivity contribution < 1.29 is 4.74 Å². The van der Waals surface area contributed by atoms with Crippen LogP contribution in [0.2, 0.25) is 0 Å². The third kappa shape index (κ3) is 3.88. The molecule has 2 aromatic carbocycles. The highest BCUT2D eigenvalue weighted by atomic mass is 79.9. The van der Waals surface area contributed by atoms with Gasteiger partial charge in [0.2, 0.25) is 5.78 Å². The molecule has 0 aliphatic carbocycles. The van der Waals surface area contributed by atoms with Gasteiger partial charge in [0.1, 0.15) is 10.4 Å². The van der Waals surface area contributed by atoms with E-state index in [1.807, 2.05) is 52.2 Å². The lowest BCUT2D eigenvalue weighted by Crippen LogP contribution is -2.23. The van der Waals surface area contributed by atoms with Crippen LogP contribution in [0, 0.1) is 0 Å². The molecule has 5 rings (SSSR count). The summed E-state index contributed by atoms with van der Waals surface area (Å²) in [6.07, 6.45) is 0. The summed E-state index contributed by atoms with van der Waals surface area (Å²) >= 11 is 6.52. The van der Waals surface area contributed by atoms with Crippen molar-refractivity contribution in [1.29, 1.82) is 0 Å². The molecule has 0 fully saturated rings. The third-order valence-electron chi connectivity index (χ3n) is 4.96. The Hall–Kier alpha value is -2.62. The highest BCUT2D eigenvalue weighted by Gasteiger charge is 2.18. The average Bonchev–Trinajstić information content (AvgIpc) is 3.44. The van der Waals surface area contributed by atoms with Crippen molar-refractivity contribution in [2.24, 2.45) is 0 Å². The van der Waals surface area contributed by atoms with Gasteiger partial charge in [0.25, 0.3) is 5.56 Å². The molecule has 9 heteroatoms. The van der Waals surface area contributed by atoms with Gasteiger partial charge in [-0.2, -0.15) is 0 Å². The van der Waals surface area contributed by atoms with Crippen molar-refractivity contribution >= 4 is 55.0 Å². The van der Waals surface area contributed by atoms with E-state index >= 15 is 0 Å². The zero-order valence-electron chi connectivity index (χ0n) is 16.5. The van der Waals surface area contributed by atoms with E-state index < -0.39 is 0 Å². The van der Waals surface area contributed by atoms with Crippen LogP contribution < -0.4 is 10.3 Å². The second-order valence-corrected chi connectivity index (χ2v) is 9.68. The van der Waals surface area contributed by atoms with Crippen LogP contribution in [0.15, 0.2) is 74.4 Å². The molecule has 0 atom stereocenters. The quantitative estimate of drug-likeness (QED) is 0.292. The summed E-state index contributed by atoms with van der Waals surface area (Å²) in [5, 5.41) is 11.5. The molecule has 0 saturated heterocycles. The lowest BCUT2D eigenvalue weighted by atomic mass is 10.2. The predicted molar refractivity (Wildman–Crippen MR) is 128 cm³/mol. The third-order valence-corrected chi connectivity index (χ3v) is 7.38. The molecule has 0 N–H and O–H groups in total. The van der Waals surface area contributed by atoms with Gasteiger partial charge in [0.15, 0.2) is 5.16 Å². The molecular weight excluding hydrogens is 496 g/mol. The fourth-order valence-electron chi connectivity index (χ4n) is 3.38. The molecule has 3 aromatic heterocycles. The van der Waals surface area contributed by atoms with E-state index in [0.717, 1.165) is 32.2 Å². The lowest BCUT2D eigenvalue weighted by molar-refractivity contribution is 0.414. The Morgan fingerprint density at radius 2 is 1.77 bits per heavy atom.